The van der Waals surface area contributed by atoms with E-state index in [9.17, 15) is 10.1 Å². The van der Waals surface area contributed by atoms with Crippen molar-refractivity contribution in [1.82, 2.24) is 0 Å². The van der Waals surface area contributed by atoms with Gasteiger partial charge in [0.05, 0.1) is 4.92 Å². The lowest BCUT2D eigenvalue weighted by Crippen LogP contribution is -2.30. The fraction of sp³-hybridized carbons (Fsp3) is 0.462. The Labute approximate surface area is 112 Å². The molecular weight excluding hydrogens is 244 g/mol. The molecule has 1 unspecified atom stereocenters. The molecule has 0 heterocycles. The summed E-state index contributed by atoms with van der Waals surface area (Å²) >= 11 is 0. The predicted molar refractivity (Wildman–Crippen MR) is 73.7 cm³/mol. The van der Waals surface area contributed by atoms with Crippen molar-refractivity contribution in [2.75, 3.05) is 11.9 Å². The quantitative estimate of drug-likeness (QED) is 0.604. The summed E-state index contributed by atoms with van der Waals surface area (Å²) < 4.78 is 0. The number of nitro groups is 1. The van der Waals surface area contributed by atoms with E-state index in [0.717, 1.165) is 6.42 Å². The van der Waals surface area contributed by atoms with Gasteiger partial charge in [-0.2, -0.15) is 5.26 Å². The minimum atomic E-state index is -0.538. The molecule has 1 rings (SSSR count). The second-order valence-electron chi connectivity index (χ2n) is 4.78. The fourth-order valence-corrected chi connectivity index (χ4v) is 1.95. The van der Waals surface area contributed by atoms with Crippen LogP contribution in [0.15, 0.2) is 18.2 Å². The van der Waals surface area contributed by atoms with Crippen LogP contribution in [0, 0.1) is 27.4 Å². The largest absolute Gasteiger partial charge is 0.375 e. The van der Waals surface area contributed by atoms with Crippen molar-refractivity contribution in [1.29, 1.82) is 5.26 Å². The van der Waals surface area contributed by atoms with Gasteiger partial charge in [-0.05, 0) is 24.5 Å². The van der Waals surface area contributed by atoms with Crippen LogP contribution in [-0.2, 0) is 0 Å². The van der Waals surface area contributed by atoms with Crippen LogP contribution in [0.1, 0.15) is 25.8 Å². The van der Waals surface area contributed by atoms with Gasteiger partial charge in [0.1, 0.15) is 17.3 Å². The summed E-state index contributed by atoms with van der Waals surface area (Å²) in [6, 6.07) is 6.44. The van der Waals surface area contributed by atoms with E-state index in [1.807, 2.05) is 6.07 Å². The number of para-hydroxylation sites is 1. The molecule has 0 spiro atoms. The minimum Gasteiger partial charge on any atom is -0.375 e. The van der Waals surface area contributed by atoms with Gasteiger partial charge in [-0.1, -0.05) is 19.9 Å². The molecule has 0 saturated heterocycles. The first-order valence-corrected chi connectivity index (χ1v) is 6.13. The third-order valence-electron chi connectivity index (χ3n) is 2.74. The zero-order chi connectivity index (χ0) is 14.4. The average molecular weight is 262 g/mol. The Balaban J connectivity index is 3.06. The van der Waals surface area contributed by atoms with Crippen molar-refractivity contribution in [3.05, 3.63) is 33.9 Å². The Morgan fingerprint density at radius 2 is 2.21 bits per heavy atom. The van der Waals surface area contributed by atoms with E-state index in [-0.39, 0.29) is 17.3 Å². The second kappa shape index (κ2) is 6.71. The molecule has 1 aromatic rings. The van der Waals surface area contributed by atoms with Gasteiger partial charge in [-0.25, -0.2) is 0 Å². The van der Waals surface area contributed by atoms with Crippen molar-refractivity contribution >= 4 is 11.4 Å². The lowest BCUT2D eigenvalue weighted by Gasteiger charge is -2.20. The smallest absolute Gasteiger partial charge is 0.309 e. The molecule has 0 radical (unpaired) electrons. The number of anilines is 1. The van der Waals surface area contributed by atoms with Gasteiger partial charge in [0.15, 0.2) is 0 Å². The SMILES string of the molecule is CC(C)CC(CN)Nc1cccc(C#N)c1[N+](=O)[O-]. The number of nitrogens with zero attached hydrogens (tertiary/aromatic N) is 2. The summed E-state index contributed by atoms with van der Waals surface area (Å²) in [5, 5.41) is 23.1. The Bertz CT molecular complexity index is 494. The van der Waals surface area contributed by atoms with E-state index in [2.05, 4.69) is 19.2 Å². The Hall–Kier alpha value is -2.13. The number of benzene rings is 1. The highest BCUT2D eigenvalue weighted by Crippen LogP contribution is 2.29. The number of hydrogen-bond donors (Lipinski definition) is 2. The third-order valence-corrected chi connectivity index (χ3v) is 2.74. The van der Waals surface area contributed by atoms with Crippen LogP contribution >= 0.6 is 0 Å². The molecule has 6 heteroatoms. The molecule has 19 heavy (non-hydrogen) atoms. The van der Waals surface area contributed by atoms with Gasteiger partial charge < -0.3 is 11.1 Å². The molecule has 0 bridgehead atoms. The van der Waals surface area contributed by atoms with Crippen molar-refractivity contribution in [3.63, 3.8) is 0 Å². The van der Waals surface area contributed by atoms with E-state index in [4.69, 9.17) is 11.0 Å². The van der Waals surface area contributed by atoms with Crippen LogP contribution in [0.3, 0.4) is 0 Å². The zero-order valence-corrected chi connectivity index (χ0v) is 11.1. The lowest BCUT2D eigenvalue weighted by molar-refractivity contribution is -0.384. The predicted octanol–water partition coefficient (Wildman–Crippen LogP) is 2.25. The van der Waals surface area contributed by atoms with Gasteiger partial charge in [0.25, 0.3) is 0 Å². The van der Waals surface area contributed by atoms with E-state index in [1.165, 1.54) is 6.07 Å². The maximum atomic E-state index is 11.1. The number of nitrogens with two attached hydrogens (primary N) is 1. The van der Waals surface area contributed by atoms with Gasteiger partial charge >= 0.3 is 5.69 Å². The normalized spacial score (nSPS) is 11.9. The van der Waals surface area contributed by atoms with Crippen LogP contribution in [0.5, 0.6) is 0 Å². The number of hydrogen-bond acceptors (Lipinski definition) is 5. The van der Waals surface area contributed by atoms with E-state index in [0.29, 0.717) is 18.2 Å². The molecule has 0 aliphatic carbocycles. The fourth-order valence-electron chi connectivity index (χ4n) is 1.95. The van der Waals surface area contributed by atoms with Gasteiger partial charge in [-0.3, -0.25) is 10.1 Å². The molecule has 1 aromatic carbocycles. The van der Waals surface area contributed by atoms with Crippen LogP contribution in [0.4, 0.5) is 11.4 Å². The first kappa shape index (κ1) is 14.9. The third kappa shape index (κ3) is 3.93. The zero-order valence-electron chi connectivity index (χ0n) is 11.1. The summed E-state index contributed by atoms with van der Waals surface area (Å²) in [5.41, 5.74) is 5.88. The summed E-state index contributed by atoms with van der Waals surface area (Å²) in [6.45, 7) is 4.50. The molecule has 1 atom stereocenters. The Kier molecular flexibility index (Phi) is 5.27. The summed E-state index contributed by atoms with van der Waals surface area (Å²) in [4.78, 5) is 10.5. The monoisotopic (exact) mass is 262 g/mol. The van der Waals surface area contributed by atoms with Crippen LogP contribution in [-0.4, -0.2) is 17.5 Å². The summed E-state index contributed by atoms with van der Waals surface area (Å²) in [6.07, 6.45) is 0.810. The molecule has 3 N–H and O–H groups in total. The van der Waals surface area contributed by atoms with Crippen LogP contribution in [0.2, 0.25) is 0 Å². The molecule has 0 aromatic heterocycles. The highest BCUT2D eigenvalue weighted by atomic mass is 16.6. The Morgan fingerprint density at radius 3 is 2.68 bits per heavy atom. The van der Waals surface area contributed by atoms with Crippen LogP contribution in [0.25, 0.3) is 0 Å². The molecule has 0 aliphatic heterocycles. The maximum absolute atomic E-state index is 11.1. The number of rotatable bonds is 6. The highest BCUT2D eigenvalue weighted by molar-refractivity contribution is 5.68. The van der Waals surface area contributed by atoms with Crippen molar-refractivity contribution in [2.45, 2.75) is 26.3 Å². The van der Waals surface area contributed by atoms with Crippen molar-refractivity contribution < 1.29 is 4.92 Å². The molecule has 0 aliphatic rings. The van der Waals surface area contributed by atoms with E-state index in [1.54, 1.807) is 12.1 Å². The Morgan fingerprint density at radius 1 is 1.53 bits per heavy atom. The molecule has 6 nitrogen and oxygen atoms in total. The van der Waals surface area contributed by atoms with E-state index < -0.39 is 4.92 Å². The number of nitriles is 1. The maximum Gasteiger partial charge on any atom is 0.309 e. The first-order valence-electron chi connectivity index (χ1n) is 6.13. The van der Waals surface area contributed by atoms with Gasteiger partial charge in [-0.15, -0.1) is 0 Å². The number of nitro benzene ring substituents is 1. The average Bonchev–Trinajstić information content (AvgIpc) is 2.36. The molecule has 0 fully saturated rings. The van der Waals surface area contributed by atoms with E-state index >= 15 is 0 Å². The summed E-state index contributed by atoms with van der Waals surface area (Å²) in [7, 11) is 0. The van der Waals surface area contributed by atoms with Crippen molar-refractivity contribution in [2.24, 2.45) is 11.7 Å². The molecule has 0 amide bonds. The second-order valence-corrected chi connectivity index (χ2v) is 4.78. The standard InChI is InChI=1S/C13H18N4O2/c1-9(2)6-11(8-15)16-12-5-3-4-10(7-14)13(12)17(18)19/h3-5,9,11,16H,6,8,15H2,1-2H3. The van der Waals surface area contributed by atoms with Crippen molar-refractivity contribution in [3.8, 4) is 6.07 Å². The van der Waals surface area contributed by atoms with Gasteiger partial charge in [0.2, 0.25) is 0 Å². The minimum absolute atomic E-state index is 0.0485. The van der Waals surface area contributed by atoms with Crippen LogP contribution < -0.4 is 11.1 Å². The first-order chi connectivity index (χ1) is 8.99. The van der Waals surface area contributed by atoms with Gasteiger partial charge in [0, 0.05) is 12.6 Å². The number of nitrogens with one attached hydrogen (secondary N) is 1. The highest BCUT2D eigenvalue weighted by Gasteiger charge is 2.21. The topological polar surface area (TPSA) is 105 Å². The molecule has 102 valence electrons. The molecular formula is C13H18N4O2. The summed E-state index contributed by atoms with van der Waals surface area (Å²) in [5.74, 6) is 0.430. The molecule has 0 saturated carbocycles. The lowest BCUT2D eigenvalue weighted by atomic mass is 10.0.